The lowest BCUT2D eigenvalue weighted by atomic mass is 10.0. The van der Waals surface area contributed by atoms with E-state index >= 15 is 0 Å². The molecule has 0 aliphatic carbocycles. The van der Waals surface area contributed by atoms with E-state index in [1.165, 1.54) is 4.68 Å². The third-order valence-corrected chi connectivity index (χ3v) is 4.30. The summed E-state index contributed by atoms with van der Waals surface area (Å²) in [6.45, 7) is 9.28. The van der Waals surface area contributed by atoms with Crippen molar-refractivity contribution in [2.45, 2.75) is 40.7 Å². The molecule has 0 bridgehead atoms. The van der Waals surface area contributed by atoms with Gasteiger partial charge in [0.2, 0.25) is 0 Å². The first kappa shape index (κ1) is 16.9. The number of aryl methyl sites for hydroxylation is 4. The predicted molar refractivity (Wildman–Crippen MR) is 87.5 cm³/mol. The summed E-state index contributed by atoms with van der Waals surface area (Å²) in [7, 11) is 3.41. The molecule has 2 aromatic heterocycles. The number of hydrogen-bond acceptors (Lipinski definition) is 4. The van der Waals surface area contributed by atoms with Crippen LogP contribution in [0.25, 0.3) is 0 Å². The van der Waals surface area contributed by atoms with Gasteiger partial charge in [0.05, 0.1) is 17.4 Å². The lowest BCUT2D eigenvalue weighted by Crippen LogP contribution is -2.36. The van der Waals surface area contributed by atoms with Crippen molar-refractivity contribution >= 4 is 5.91 Å². The lowest BCUT2D eigenvalue weighted by molar-refractivity contribution is 0.0936. The Kier molecular flexibility index (Phi) is 4.40. The maximum absolute atomic E-state index is 12.6. The van der Waals surface area contributed by atoms with Crippen LogP contribution in [-0.4, -0.2) is 25.5 Å². The van der Waals surface area contributed by atoms with Crippen LogP contribution in [0.15, 0.2) is 4.79 Å². The van der Waals surface area contributed by atoms with E-state index in [1.807, 2.05) is 27.8 Å². The fourth-order valence-electron chi connectivity index (χ4n) is 2.87. The van der Waals surface area contributed by atoms with Gasteiger partial charge in [0.15, 0.2) is 0 Å². The highest BCUT2D eigenvalue weighted by molar-refractivity contribution is 5.95. The van der Waals surface area contributed by atoms with Crippen LogP contribution >= 0.6 is 0 Å². The molecule has 2 aromatic rings. The van der Waals surface area contributed by atoms with Crippen molar-refractivity contribution in [2.24, 2.45) is 14.1 Å². The van der Waals surface area contributed by atoms with Gasteiger partial charge in [-0.2, -0.15) is 10.2 Å². The molecule has 7 nitrogen and oxygen atoms in total. The Morgan fingerprint density at radius 2 is 1.61 bits per heavy atom. The zero-order valence-corrected chi connectivity index (χ0v) is 14.7. The van der Waals surface area contributed by atoms with Crippen LogP contribution in [0, 0.1) is 27.7 Å². The molecule has 0 radical (unpaired) electrons. The van der Waals surface area contributed by atoms with E-state index < -0.39 is 5.56 Å². The summed E-state index contributed by atoms with van der Waals surface area (Å²) in [5.41, 5.74) is 3.86. The Morgan fingerprint density at radius 3 is 2.13 bits per heavy atom. The molecule has 124 valence electrons. The minimum absolute atomic E-state index is 0.144. The molecule has 0 unspecified atom stereocenters. The van der Waals surface area contributed by atoms with Crippen LogP contribution in [0.5, 0.6) is 0 Å². The Labute approximate surface area is 135 Å². The number of amides is 1. The number of nitrogens with one attached hydrogen (secondary N) is 1. The molecule has 0 spiro atoms. The monoisotopic (exact) mass is 317 g/mol. The minimum Gasteiger partial charge on any atom is -0.345 e. The standard InChI is InChI=1S/C16H23N5O2/c1-8-9(2)18-21(7)16(23)13(8)15(22)17-10(3)14-11(4)19-20(6)12(14)5/h10H,1-7H3,(H,17,22)/t10-/m0/s1. The van der Waals surface area contributed by atoms with Crippen molar-refractivity contribution in [3.63, 3.8) is 0 Å². The van der Waals surface area contributed by atoms with Gasteiger partial charge in [0.1, 0.15) is 5.56 Å². The fraction of sp³-hybridized carbons (Fsp3) is 0.500. The molecular weight excluding hydrogens is 294 g/mol. The van der Waals surface area contributed by atoms with Crippen molar-refractivity contribution in [1.29, 1.82) is 0 Å². The molecule has 0 aliphatic rings. The molecule has 2 rings (SSSR count). The molecule has 23 heavy (non-hydrogen) atoms. The Balaban J connectivity index is 2.39. The molecule has 1 atom stereocenters. The molecule has 1 N–H and O–H groups in total. The van der Waals surface area contributed by atoms with E-state index in [0.717, 1.165) is 17.0 Å². The first-order chi connectivity index (χ1) is 10.6. The van der Waals surface area contributed by atoms with Gasteiger partial charge in [0.25, 0.3) is 11.5 Å². The third-order valence-electron chi connectivity index (χ3n) is 4.30. The third kappa shape index (κ3) is 2.91. The van der Waals surface area contributed by atoms with Gasteiger partial charge in [0, 0.05) is 25.4 Å². The fourth-order valence-corrected chi connectivity index (χ4v) is 2.87. The summed E-state index contributed by atoms with van der Waals surface area (Å²) < 4.78 is 2.98. The van der Waals surface area contributed by atoms with Gasteiger partial charge in [-0.05, 0) is 40.2 Å². The van der Waals surface area contributed by atoms with Gasteiger partial charge < -0.3 is 5.32 Å². The largest absolute Gasteiger partial charge is 0.345 e. The second-order valence-corrected chi connectivity index (χ2v) is 5.92. The highest BCUT2D eigenvalue weighted by atomic mass is 16.2. The predicted octanol–water partition coefficient (Wildman–Crippen LogP) is 1.24. The Bertz CT molecular complexity index is 832. The number of aromatic nitrogens is 4. The van der Waals surface area contributed by atoms with Crippen molar-refractivity contribution in [3.8, 4) is 0 Å². The van der Waals surface area contributed by atoms with E-state index in [2.05, 4.69) is 15.5 Å². The van der Waals surface area contributed by atoms with Crippen molar-refractivity contribution in [1.82, 2.24) is 24.9 Å². The Morgan fingerprint density at radius 1 is 1.04 bits per heavy atom. The lowest BCUT2D eigenvalue weighted by Gasteiger charge is -2.16. The zero-order chi connectivity index (χ0) is 17.5. The van der Waals surface area contributed by atoms with E-state index in [1.54, 1.807) is 25.6 Å². The molecule has 0 saturated carbocycles. The van der Waals surface area contributed by atoms with Crippen LogP contribution in [0.2, 0.25) is 0 Å². The quantitative estimate of drug-likeness (QED) is 0.923. The van der Waals surface area contributed by atoms with E-state index in [-0.39, 0.29) is 17.5 Å². The van der Waals surface area contributed by atoms with E-state index in [0.29, 0.717) is 11.3 Å². The zero-order valence-electron chi connectivity index (χ0n) is 14.7. The molecule has 0 aromatic carbocycles. The van der Waals surface area contributed by atoms with Crippen molar-refractivity contribution in [3.05, 3.63) is 44.1 Å². The topological polar surface area (TPSA) is 81.8 Å². The Hall–Kier alpha value is -2.44. The van der Waals surface area contributed by atoms with Gasteiger partial charge in [-0.3, -0.25) is 14.3 Å². The number of rotatable bonds is 3. The second kappa shape index (κ2) is 5.98. The van der Waals surface area contributed by atoms with Gasteiger partial charge in [-0.1, -0.05) is 0 Å². The average Bonchev–Trinajstić information content (AvgIpc) is 2.70. The van der Waals surface area contributed by atoms with Crippen LogP contribution < -0.4 is 10.9 Å². The second-order valence-electron chi connectivity index (χ2n) is 5.92. The molecule has 0 aliphatic heterocycles. The summed E-state index contributed by atoms with van der Waals surface area (Å²) in [5, 5.41) is 11.4. The highest BCUT2D eigenvalue weighted by Gasteiger charge is 2.22. The molecule has 2 heterocycles. The summed E-state index contributed by atoms with van der Waals surface area (Å²) in [6.07, 6.45) is 0. The molecule has 0 saturated heterocycles. The molecule has 7 heteroatoms. The average molecular weight is 317 g/mol. The maximum Gasteiger partial charge on any atom is 0.279 e. The normalized spacial score (nSPS) is 12.3. The summed E-state index contributed by atoms with van der Waals surface area (Å²) >= 11 is 0. The number of hydrogen-bond donors (Lipinski definition) is 1. The summed E-state index contributed by atoms with van der Waals surface area (Å²) in [6, 6.07) is -0.242. The van der Waals surface area contributed by atoms with Gasteiger partial charge >= 0.3 is 0 Å². The van der Waals surface area contributed by atoms with Crippen LogP contribution in [0.3, 0.4) is 0 Å². The van der Waals surface area contributed by atoms with Crippen molar-refractivity contribution < 1.29 is 4.79 Å². The summed E-state index contributed by atoms with van der Waals surface area (Å²) in [5.74, 6) is -0.385. The summed E-state index contributed by atoms with van der Waals surface area (Å²) in [4.78, 5) is 24.9. The number of nitrogens with zero attached hydrogens (tertiary/aromatic N) is 4. The molecule has 0 fully saturated rings. The SMILES string of the molecule is Cc1nn(C)c(=O)c(C(=O)N[C@@H](C)c2c(C)nn(C)c2C)c1C. The van der Waals surface area contributed by atoms with Crippen LogP contribution in [0.4, 0.5) is 0 Å². The van der Waals surface area contributed by atoms with E-state index in [4.69, 9.17) is 0 Å². The smallest absolute Gasteiger partial charge is 0.279 e. The van der Waals surface area contributed by atoms with Gasteiger partial charge in [-0.15, -0.1) is 0 Å². The first-order valence-electron chi connectivity index (χ1n) is 7.50. The van der Waals surface area contributed by atoms with Gasteiger partial charge in [-0.25, -0.2) is 4.68 Å². The van der Waals surface area contributed by atoms with Crippen LogP contribution in [-0.2, 0) is 14.1 Å². The molecular formula is C16H23N5O2. The van der Waals surface area contributed by atoms with E-state index in [9.17, 15) is 9.59 Å². The molecule has 1 amide bonds. The highest BCUT2D eigenvalue weighted by Crippen LogP contribution is 2.21. The number of carbonyl (C=O) groups excluding carboxylic acids is 1. The minimum atomic E-state index is -0.391. The van der Waals surface area contributed by atoms with Crippen LogP contribution in [0.1, 0.15) is 51.5 Å². The number of carbonyl (C=O) groups is 1. The maximum atomic E-state index is 12.6. The van der Waals surface area contributed by atoms with Crippen molar-refractivity contribution in [2.75, 3.05) is 0 Å². The first-order valence-corrected chi connectivity index (χ1v) is 7.50.